The summed E-state index contributed by atoms with van der Waals surface area (Å²) in [7, 11) is -3.88. The van der Waals surface area contributed by atoms with E-state index in [1.54, 1.807) is 25.1 Å². The Kier molecular flexibility index (Phi) is 5.32. The van der Waals surface area contributed by atoms with Crippen LogP contribution < -0.4 is 5.32 Å². The predicted molar refractivity (Wildman–Crippen MR) is 98.1 cm³/mol. The first kappa shape index (κ1) is 18.8. The second-order valence-corrected chi connectivity index (χ2v) is 8.43. The highest BCUT2D eigenvalue weighted by molar-refractivity contribution is 7.89. The Morgan fingerprint density at radius 1 is 1.23 bits per heavy atom. The Labute approximate surface area is 156 Å². The Morgan fingerprint density at radius 2 is 1.92 bits per heavy atom. The van der Waals surface area contributed by atoms with E-state index in [1.807, 2.05) is 0 Å². The third kappa shape index (κ3) is 3.60. The van der Waals surface area contributed by atoms with Gasteiger partial charge < -0.3 is 5.32 Å². The van der Waals surface area contributed by atoms with E-state index in [9.17, 15) is 17.6 Å². The van der Waals surface area contributed by atoms with Crippen LogP contribution in [0.2, 0.25) is 5.02 Å². The molecule has 1 heterocycles. The normalized spacial score (nSPS) is 18.0. The molecule has 0 bridgehead atoms. The number of hydrogen-bond donors (Lipinski definition) is 1. The number of amides is 1. The molecule has 1 fully saturated rings. The minimum Gasteiger partial charge on any atom is -0.324 e. The summed E-state index contributed by atoms with van der Waals surface area (Å²) >= 11 is 6.06. The second-order valence-electron chi connectivity index (χ2n) is 6.13. The van der Waals surface area contributed by atoms with Crippen LogP contribution in [0.1, 0.15) is 18.4 Å². The summed E-state index contributed by atoms with van der Waals surface area (Å²) in [5, 5.41) is 3.28. The molecule has 3 rings (SSSR count). The van der Waals surface area contributed by atoms with Gasteiger partial charge in [0.2, 0.25) is 15.9 Å². The molecule has 0 saturated carbocycles. The third-order valence-electron chi connectivity index (χ3n) is 4.45. The van der Waals surface area contributed by atoms with Gasteiger partial charge in [-0.15, -0.1) is 0 Å². The molecule has 1 unspecified atom stereocenters. The molecular formula is C18H18ClFN2O3S. The number of sulfonamides is 1. The highest BCUT2D eigenvalue weighted by Crippen LogP contribution is 2.28. The Morgan fingerprint density at radius 3 is 2.62 bits per heavy atom. The van der Waals surface area contributed by atoms with Crippen molar-refractivity contribution in [3.05, 3.63) is 58.9 Å². The first-order valence-electron chi connectivity index (χ1n) is 8.14. The van der Waals surface area contributed by atoms with Gasteiger partial charge in [0.15, 0.2) is 0 Å². The van der Waals surface area contributed by atoms with Crippen LogP contribution in [0.3, 0.4) is 0 Å². The number of carbonyl (C=O) groups is 1. The van der Waals surface area contributed by atoms with Gasteiger partial charge in [0.1, 0.15) is 11.9 Å². The molecule has 138 valence electrons. The molecule has 2 aromatic rings. The summed E-state index contributed by atoms with van der Waals surface area (Å²) in [5.74, 6) is -0.922. The van der Waals surface area contributed by atoms with Gasteiger partial charge in [-0.05, 0) is 61.7 Å². The van der Waals surface area contributed by atoms with Crippen molar-refractivity contribution in [2.24, 2.45) is 0 Å². The number of carbonyl (C=O) groups excluding carboxylic acids is 1. The molecule has 8 heteroatoms. The lowest BCUT2D eigenvalue weighted by molar-refractivity contribution is -0.119. The topological polar surface area (TPSA) is 66.5 Å². The highest BCUT2D eigenvalue weighted by Gasteiger charge is 2.39. The van der Waals surface area contributed by atoms with Gasteiger partial charge in [-0.2, -0.15) is 4.31 Å². The minimum atomic E-state index is -3.88. The summed E-state index contributed by atoms with van der Waals surface area (Å²) in [4.78, 5) is 12.7. The maximum absolute atomic E-state index is 13.1. The van der Waals surface area contributed by atoms with E-state index < -0.39 is 27.8 Å². The molecule has 1 N–H and O–H groups in total. The van der Waals surface area contributed by atoms with E-state index in [4.69, 9.17) is 11.6 Å². The highest BCUT2D eigenvalue weighted by atomic mass is 35.5. The lowest BCUT2D eigenvalue weighted by Gasteiger charge is -2.23. The van der Waals surface area contributed by atoms with Crippen LogP contribution in [-0.2, 0) is 14.8 Å². The zero-order chi connectivity index (χ0) is 18.9. The van der Waals surface area contributed by atoms with Crippen LogP contribution >= 0.6 is 11.6 Å². The van der Waals surface area contributed by atoms with Crippen molar-refractivity contribution in [1.29, 1.82) is 0 Å². The Bertz CT molecular complexity index is 932. The van der Waals surface area contributed by atoms with E-state index in [0.29, 0.717) is 29.1 Å². The van der Waals surface area contributed by atoms with Gasteiger partial charge in [-0.25, -0.2) is 12.8 Å². The molecule has 1 amide bonds. The van der Waals surface area contributed by atoms with E-state index in [0.717, 1.165) is 12.1 Å². The zero-order valence-electron chi connectivity index (χ0n) is 14.1. The zero-order valence-corrected chi connectivity index (χ0v) is 15.6. The van der Waals surface area contributed by atoms with Crippen molar-refractivity contribution in [2.45, 2.75) is 30.7 Å². The summed E-state index contributed by atoms with van der Waals surface area (Å²) in [6, 6.07) is 8.93. The van der Waals surface area contributed by atoms with E-state index in [1.165, 1.54) is 16.4 Å². The van der Waals surface area contributed by atoms with Gasteiger partial charge in [0.05, 0.1) is 4.90 Å². The molecule has 2 aromatic carbocycles. The molecule has 1 aliphatic rings. The summed E-state index contributed by atoms with van der Waals surface area (Å²) in [6.07, 6.45) is 0.999. The average Bonchev–Trinajstić information content (AvgIpc) is 3.10. The largest absolute Gasteiger partial charge is 0.324 e. The van der Waals surface area contributed by atoms with E-state index >= 15 is 0 Å². The molecule has 1 atom stereocenters. The maximum atomic E-state index is 13.1. The molecule has 0 radical (unpaired) electrons. The van der Waals surface area contributed by atoms with Crippen LogP contribution in [-0.4, -0.2) is 31.2 Å². The minimum absolute atomic E-state index is 0.0301. The van der Waals surface area contributed by atoms with Crippen molar-refractivity contribution in [3.63, 3.8) is 0 Å². The quantitative estimate of drug-likeness (QED) is 0.858. The lowest BCUT2D eigenvalue weighted by atomic mass is 10.1. The van der Waals surface area contributed by atoms with Gasteiger partial charge in [0, 0.05) is 17.3 Å². The fourth-order valence-corrected chi connectivity index (χ4v) is 4.82. The lowest BCUT2D eigenvalue weighted by Crippen LogP contribution is -2.43. The van der Waals surface area contributed by atoms with E-state index in [-0.39, 0.29) is 11.4 Å². The SMILES string of the molecule is Cc1c(Cl)cccc1NC(=O)C1CCCN1S(=O)(=O)c1ccc(F)cc1. The van der Waals surface area contributed by atoms with Crippen LogP contribution in [0, 0.1) is 12.7 Å². The van der Waals surface area contributed by atoms with Crippen molar-refractivity contribution in [2.75, 3.05) is 11.9 Å². The van der Waals surface area contributed by atoms with Crippen molar-refractivity contribution < 1.29 is 17.6 Å². The molecule has 0 aromatic heterocycles. The van der Waals surface area contributed by atoms with Crippen LogP contribution in [0.5, 0.6) is 0 Å². The number of anilines is 1. The number of halogens is 2. The van der Waals surface area contributed by atoms with Crippen LogP contribution in [0.15, 0.2) is 47.4 Å². The molecule has 5 nitrogen and oxygen atoms in total. The van der Waals surface area contributed by atoms with Gasteiger partial charge in [0.25, 0.3) is 0 Å². The molecule has 0 aliphatic carbocycles. The fraction of sp³-hybridized carbons (Fsp3) is 0.278. The van der Waals surface area contributed by atoms with Gasteiger partial charge in [-0.3, -0.25) is 4.79 Å². The van der Waals surface area contributed by atoms with Crippen molar-refractivity contribution in [3.8, 4) is 0 Å². The van der Waals surface area contributed by atoms with Crippen LogP contribution in [0.25, 0.3) is 0 Å². The fourth-order valence-electron chi connectivity index (χ4n) is 2.99. The number of rotatable bonds is 4. The molecule has 1 aliphatic heterocycles. The predicted octanol–water partition coefficient (Wildman–Crippen LogP) is 3.58. The third-order valence-corrected chi connectivity index (χ3v) is 6.78. The van der Waals surface area contributed by atoms with Gasteiger partial charge >= 0.3 is 0 Å². The maximum Gasteiger partial charge on any atom is 0.243 e. The van der Waals surface area contributed by atoms with Gasteiger partial charge in [-0.1, -0.05) is 17.7 Å². The smallest absolute Gasteiger partial charge is 0.243 e. The van der Waals surface area contributed by atoms with Crippen molar-refractivity contribution in [1.82, 2.24) is 4.31 Å². The number of nitrogens with one attached hydrogen (secondary N) is 1. The Hall–Kier alpha value is -1.96. The standard InChI is InChI=1S/C18H18ClFN2O3S/c1-12-15(19)4-2-5-16(12)21-18(23)17-6-3-11-22(17)26(24,25)14-9-7-13(20)8-10-14/h2,4-5,7-10,17H,3,6,11H2,1H3,(H,21,23). The van der Waals surface area contributed by atoms with Crippen LogP contribution in [0.4, 0.5) is 10.1 Å². The molecular weight excluding hydrogens is 379 g/mol. The van der Waals surface area contributed by atoms with Crippen molar-refractivity contribution >= 4 is 33.2 Å². The molecule has 1 saturated heterocycles. The Balaban J connectivity index is 1.84. The summed E-state index contributed by atoms with van der Waals surface area (Å²) in [6.45, 7) is 2.02. The second kappa shape index (κ2) is 7.34. The first-order chi connectivity index (χ1) is 12.3. The summed E-state index contributed by atoms with van der Waals surface area (Å²) in [5.41, 5.74) is 1.27. The number of nitrogens with zero attached hydrogens (tertiary/aromatic N) is 1. The number of benzene rings is 2. The monoisotopic (exact) mass is 396 g/mol. The summed E-state index contributed by atoms with van der Waals surface area (Å²) < 4.78 is 39.9. The number of hydrogen-bond acceptors (Lipinski definition) is 3. The first-order valence-corrected chi connectivity index (χ1v) is 9.96. The molecule has 0 spiro atoms. The van der Waals surface area contributed by atoms with E-state index in [2.05, 4.69) is 5.32 Å². The molecule has 26 heavy (non-hydrogen) atoms. The average molecular weight is 397 g/mol.